The molecule has 232 valence electrons. The summed E-state index contributed by atoms with van der Waals surface area (Å²) in [6.45, 7) is 0.0618. The number of hydrogen-bond donors (Lipinski definition) is 7. The molecule has 2 rings (SSSR count). The van der Waals surface area contributed by atoms with Crippen molar-refractivity contribution in [3.05, 3.63) is 24.3 Å². The van der Waals surface area contributed by atoms with Crippen LogP contribution in [-0.4, -0.2) is 116 Å². The van der Waals surface area contributed by atoms with Crippen LogP contribution in [0.1, 0.15) is 71.1 Å². The summed E-state index contributed by atoms with van der Waals surface area (Å²) in [5.41, 5.74) is 0. The van der Waals surface area contributed by atoms with Crippen LogP contribution < -0.4 is 0 Å². The highest BCUT2D eigenvalue weighted by molar-refractivity contribution is 5.69. The van der Waals surface area contributed by atoms with E-state index in [-0.39, 0.29) is 6.42 Å². The van der Waals surface area contributed by atoms with Gasteiger partial charge in [-0.1, -0.05) is 50.5 Å². The van der Waals surface area contributed by atoms with Crippen LogP contribution in [0.25, 0.3) is 0 Å². The predicted molar refractivity (Wildman–Crippen MR) is 143 cm³/mol. The Hall–Kier alpha value is -1.45. The molecule has 9 unspecified atom stereocenters. The number of esters is 1. The highest BCUT2D eigenvalue weighted by Gasteiger charge is 2.58. The molecule has 2 aliphatic rings. The number of rotatable bonds is 18. The second-order valence-electron chi connectivity index (χ2n) is 10.3. The third-order valence-corrected chi connectivity index (χ3v) is 7.13. The van der Waals surface area contributed by atoms with Crippen molar-refractivity contribution in [2.45, 2.75) is 126 Å². The highest BCUT2D eigenvalue weighted by atomic mass is 16.8. The van der Waals surface area contributed by atoms with Gasteiger partial charge in [-0.15, -0.1) is 0 Å². The molecule has 0 bridgehead atoms. The summed E-state index contributed by atoms with van der Waals surface area (Å²) in [6.07, 6.45) is 5.00. The monoisotopic (exact) mass is 576 g/mol. The first-order valence-electron chi connectivity index (χ1n) is 14.3. The van der Waals surface area contributed by atoms with Crippen molar-refractivity contribution < 1.29 is 59.5 Å². The van der Waals surface area contributed by atoms with Gasteiger partial charge < -0.3 is 54.7 Å². The van der Waals surface area contributed by atoms with E-state index in [1.54, 1.807) is 0 Å². The molecule has 2 heterocycles. The van der Waals surface area contributed by atoms with Crippen molar-refractivity contribution in [2.75, 3.05) is 19.8 Å². The van der Waals surface area contributed by atoms with E-state index in [4.69, 9.17) is 18.9 Å². The molecular formula is C28H48O12. The lowest BCUT2D eigenvalue weighted by Gasteiger charge is -2.43. The Morgan fingerprint density at radius 2 is 1.50 bits per heavy atom. The van der Waals surface area contributed by atoms with Gasteiger partial charge >= 0.3 is 5.97 Å². The zero-order chi connectivity index (χ0) is 29.5. The Balaban J connectivity index is 1.70. The molecule has 0 saturated carbocycles. The summed E-state index contributed by atoms with van der Waals surface area (Å²) in [7, 11) is 0. The summed E-state index contributed by atoms with van der Waals surface area (Å²) in [5.74, 6) is -2.80. The van der Waals surface area contributed by atoms with Gasteiger partial charge in [-0.2, -0.15) is 0 Å². The molecule has 2 fully saturated rings. The number of aliphatic hydroxyl groups is 7. The molecule has 9 atom stereocenters. The van der Waals surface area contributed by atoms with Crippen LogP contribution >= 0.6 is 0 Å². The molecule has 2 saturated heterocycles. The zero-order valence-corrected chi connectivity index (χ0v) is 23.3. The van der Waals surface area contributed by atoms with Crippen molar-refractivity contribution in [1.82, 2.24) is 0 Å². The smallest absolute Gasteiger partial charge is 0.305 e. The van der Waals surface area contributed by atoms with Gasteiger partial charge in [-0.05, 0) is 38.5 Å². The second-order valence-corrected chi connectivity index (χ2v) is 10.3. The van der Waals surface area contributed by atoms with Gasteiger partial charge in [0.1, 0.15) is 55.9 Å². The fourth-order valence-corrected chi connectivity index (χ4v) is 4.59. The topological polar surface area (TPSA) is 196 Å². The number of hydrogen-bond acceptors (Lipinski definition) is 12. The van der Waals surface area contributed by atoms with E-state index in [0.717, 1.165) is 32.1 Å². The van der Waals surface area contributed by atoms with Gasteiger partial charge in [0.2, 0.25) is 5.79 Å². The number of carbonyl (C=O) groups excluding carboxylic acids is 1. The molecule has 0 aromatic carbocycles. The van der Waals surface area contributed by atoms with E-state index in [9.17, 15) is 40.5 Å². The van der Waals surface area contributed by atoms with Crippen LogP contribution in [0.4, 0.5) is 0 Å². The van der Waals surface area contributed by atoms with E-state index in [0.29, 0.717) is 6.42 Å². The van der Waals surface area contributed by atoms with Crippen LogP contribution in [-0.2, 0) is 23.7 Å². The predicted octanol–water partition coefficient (Wildman–Crippen LogP) is 0.189. The number of carbonyl (C=O) groups is 1. The van der Waals surface area contributed by atoms with Crippen molar-refractivity contribution in [1.29, 1.82) is 0 Å². The Morgan fingerprint density at radius 3 is 2.12 bits per heavy atom. The second kappa shape index (κ2) is 18.2. The van der Waals surface area contributed by atoms with Gasteiger partial charge in [0.05, 0.1) is 6.61 Å². The quantitative estimate of drug-likeness (QED) is 0.0666. The molecule has 12 nitrogen and oxygen atoms in total. The zero-order valence-electron chi connectivity index (χ0n) is 23.3. The molecule has 12 heteroatoms. The van der Waals surface area contributed by atoms with Gasteiger partial charge in [-0.25, -0.2) is 0 Å². The molecule has 0 aromatic rings. The molecule has 0 radical (unpaired) electrons. The van der Waals surface area contributed by atoms with Crippen LogP contribution in [0.2, 0.25) is 0 Å². The lowest BCUT2D eigenvalue weighted by Crippen LogP contribution is -2.62. The SMILES string of the molecule is CCCCCC=CCC=CCCCCCC(=O)OCC1OC(CO)(OC2OC(CO)C(O)C(O)C2O)C(O)C1O. The summed E-state index contributed by atoms with van der Waals surface area (Å²) >= 11 is 0. The number of allylic oxidation sites excluding steroid dienone is 4. The fraction of sp³-hybridized carbons (Fsp3) is 0.821. The third-order valence-electron chi connectivity index (χ3n) is 7.13. The molecule has 7 N–H and O–H groups in total. The number of ether oxygens (including phenoxy) is 4. The third kappa shape index (κ3) is 10.1. The minimum absolute atomic E-state index is 0.169. The van der Waals surface area contributed by atoms with Crippen LogP contribution in [0.3, 0.4) is 0 Å². The molecule has 0 aromatic heterocycles. The van der Waals surface area contributed by atoms with E-state index < -0.39 is 80.6 Å². The maximum absolute atomic E-state index is 12.2. The minimum atomic E-state index is -2.29. The standard InChI is InChI=1S/C28H48O12/c1-2-3-4-5-6-7-8-9-10-11-12-13-14-15-21(31)37-17-20-23(33)26(36)28(18-30,39-20)40-27-25(35)24(34)22(32)19(16-29)38-27/h6-7,9-10,19-20,22-27,29-30,32-36H,2-5,8,11-18H2,1H3. The lowest BCUT2D eigenvalue weighted by molar-refractivity contribution is -0.383. The summed E-state index contributed by atoms with van der Waals surface area (Å²) in [6, 6.07) is 0. The fourth-order valence-electron chi connectivity index (χ4n) is 4.59. The number of unbranched alkanes of at least 4 members (excludes halogenated alkanes) is 6. The number of aliphatic hydroxyl groups excluding tert-OH is 7. The van der Waals surface area contributed by atoms with E-state index in [1.807, 2.05) is 0 Å². The van der Waals surface area contributed by atoms with E-state index in [1.165, 1.54) is 19.3 Å². The average Bonchev–Trinajstić information content (AvgIpc) is 3.19. The van der Waals surface area contributed by atoms with Gasteiger partial charge in [0.25, 0.3) is 0 Å². The summed E-state index contributed by atoms with van der Waals surface area (Å²) < 4.78 is 21.4. The molecule has 0 aliphatic carbocycles. The lowest BCUT2D eigenvalue weighted by atomic mass is 9.99. The molecule has 0 spiro atoms. The Morgan fingerprint density at radius 1 is 0.825 bits per heavy atom. The molecule has 40 heavy (non-hydrogen) atoms. The molecule has 2 aliphatic heterocycles. The Labute approximate surface area is 235 Å². The molecule has 0 amide bonds. The Kier molecular flexibility index (Phi) is 15.8. The van der Waals surface area contributed by atoms with Gasteiger partial charge in [0, 0.05) is 6.42 Å². The maximum atomic E-state index is 12.2. The summed E-state index contributed by atoms with van der Waals surface area (Å²) in [5, 5.41) is 70.3. The first kappa shape index (κ1) is 34.7. The highest BCUT2D eigenvalue weighted by Crippen LogP contribution is 2.36. The Bertz CT molecular complexity index is 774. The van der Waals surface area contributed by atoms with Crippen molar-refractivity contribution in [3.63, 3.8) is 0 Å². The van der Waals surface area contributed by atoms with E-state index in [2.05, 4.69) is 31.2 Å². The van der Waals surface area contributed by atoms with Gasteiger partial charge in [0.15, 0.2) is 6.29 Å². The van der Waals surface area contributed by atoms with Crippen molar-refractivity contribution in [3.8, 4) is 0 Å². The van der Waals surface area contributed by atoms with Crippen LogP contribution in [0, 0.1) is 0 Å². The first-order valence-corrected chi connectivity index (χ1v) is 14.3. The van der Waals surface area contributed by atoms with Crippen molar-refractivity contribution >= 4 is 5.97 Å². The summed E-state index contributed by atoms with van der Waals surface area (Å²) in [4.78, 5) is 12.2. The molecular weight excluding hydrogens is 528 g/mol. The van der Waals surface area contributed by atoms with Gasteiger partial charge in [-0.3, -0.25) is 4.79 Å². The van der Waals surface area contributed by atoms with Crippen LogP contribution in [0.5, 0.6) is 0 Å². The largest absolute Gasteiger partial charge is 0.463 e. The van der Waals surface area contributed by atoms with E-state index >= 15 is 0 Å². The normalized spacial score (nSPS) is 34.7. The van der Waals surface area contributed by atoms with Crippen molar-refractivity contribution in [2.24, 2.45) is 0 Å². The first-order chi connectivity index (χ1) is 19.2. The minimum Gasteiger partial charge on any atom is -0.463 e. The average molecular weight is 577 g/mol. The maximum Gasteiger partial charge on any atom is 0.305 e. The van der Waals surface area contributed by atoms with Crippen LogP contribution in [0.15, 0.2) is 24.3 Å².